The molecule has 0 spiro atoms. The molecule has 5 heteroatoms. The van der Waals surface area contributed by atoms with Crippen LogP contribution in [0.25, 0.3) is 0 Å². The van der Waals surface area contributed by atoms with E-state index in [0.717, 1.165) is 19.2 Å². The van der Waals surface area contributed by atoms with Gasteiger partial charge in [0.1, 0.15) is 5.47 Å². The van der Waals surface area contributed by atoms with Crippen molar-refractivity contribution in [3.8, 4) is 0 Å². The van der Waals surface area contributed by atoms with Crippen molar-refractivity contribution in [2.75, 3.05) is 18.5 Å². The van der Waals surface area contributed by atoms with Crippen molar-refractivity contribution in [3.05, 3.63) is 0 Å². The Morgan fingerprint density at radius 2 is 1.76 bits per heavy atom. The third kappa shape index (κ3) is 10.5. The Hall–Kier alpha value is 0.920. The number of hydrogen-bond acceptors (Lipinski definition) is 4. The zero-order chi connectivity index (χ0) is 13.5. The first-order valence-corrected chi connectivity index (χ1v) is 10.8. The quantitative estimate of drug-likeness (QED) is 0.648. The molecule has 0 saturated carbocycles. The van der Waals surface area contributed by atoms with Gasteiger partial charge in [0.25, 0.3) is 0 Å². The largest absolute Gasteiger partial charge is 0.393 e. The van der Waals surface area contributed by atoms with E-state index in [9.17, 15) is 5.11 Å². The SMILES string of the molecule is CC(C)CCP(=S)(OCC(C)C)SCC(C)O. The standard InChI is InChI=1S/C12H27O2PS2/c1-10(2)6-7-15(16,14-8-11(3)4)17-9-12(5)13/h10-13H,6-9H2,1-5H3. The average Bonchev–Trinajstić information content (AvgIpc) is 2.21. The highest BCUT2D eigenvalue weighted by Gasteiger charge is 2.20. The highest BCUT2D eigenvalue weighted by atomic mass is 32.9. The minimum Gasteiger partial charge on any atom is -0.393 e. The van der Waals surface area contributed by atoms with Gasteiger partial charge in [-0.3, -0.25) is 0 Å². The van der Waals surface area contributed by atoms with Gasteiger partial charge >= 0.3 is 0 Å². The van der Waals surface area contributed by atoms with Crippen LogP contribution >= 0.6 is 16.8 Å². The third-order valence-corrected chi connectivity index (χ3v) is 8.77. The molecule has 0 aliphatic carbocycles. The molecule has 2 nitrogen and oxygen atoms in total. The highest BCUT2D eigenvalue weighted by Crippen LogP contribution is 2.61. The maximum atomic E-state index is 9.37. The monoisotopic (exact) mass is 298 g/mol. The smallest absolute Gasteiger partial charge is 0.119 e. The van der Waals surface area contributed by atoms with Gasteiger partial charge in [-0.05, 0) is 25.2 Å². The van der Waals surface area contributed by atoms with Gasteiger partial charge < -0.3 is 9.63 Å². The van der Waals surface area contributed by atoms with Crippen LogP contribution in [0.5, 0.6) is 0 Å². The van der Waals surface area contributed by atoms with Crippen molar-refractivity contribution in [2.45, 2.75) is 47.1 Å². The molecule has 0 fully saturated rings. The molecule has 0 aromatic rings. The van der Waals surface area contributed by atoms with E-state index < -0.39 is 5.47 Å². The minimum atomic E-state index is -1.79. The molecule has 0 rings (SSSR count). The van der Waals surface area contributed by atoms with Crippen LogP contribution < -0.4 is 0 Å². The van der Waals surface area contributed by atoms with Gasteiger partial charge in [0.05, 0.1) is 12.7 Å². The van der Waals surface area contributed by atoms with Crippen molar-refractivity contribution < 1.29 is 9.63 Å². The predicted octanol–water partition coefficient (Wildman–Crippen LogP) is 4.13. The summed E-state index contributed by atoms with van der Waals surface area (Å²) in [4.78, 5) is 0. The normalized spacial score (nSPS) is 17.4. The zero-order valence-corrected chi connectivity index (χ0v) is 14.2. The van der Waals surface area contributed by atoms with E-state index in [-0.39, 0.29) is 6.10 Å². The number of aliphatic hydroxyl groups is 1. The summed E-state index contributed by atoms with van der Waals surface area (Å²) in [7, 11) is 0. The van der Waals surface area contributed by atoms with Gasteiger partial charge in [0.15, 0.2) is 0 Å². The molecule has 2 unspecified atom stereocenters. The van der Waals surface area contributed by atoms with E-state index in [4.69, 9.17) is 16.3 Å². The third-order valence-electron chi connectivity index (χ3n) is 2.10. The summed E-state index contributed by atoms with van der Waals surface area (Å²) in [6.07, 6.45) is 1.79. The van der Waals surface area contributed by atoms with E-state index in [2.05, 4.69) is 27.7 Å². The summed E-state index contributed by atoms with van der Waals surface area (Å²) in [6, 6.07) is 0. The van der Waals surface area contributed by atoms with Crippen molar-refractivity contribution in [3.63, 3.8) is 0 Å². The van der Waals surface area contributed by atoms with Crippen molar-refractivity contribution in [2.24, 2.45) is 11.8 Å². The van der Waals surface area contributed by atoms with Crippen LogP contribution in [0, 0.1) is 11.8 Å². The summed E-state index contributed by atoms with van der Waals surface area (Å²) in [5.74, 6) is 1.86. The highest BCUT2D eigenvalue weighted by molar-refractivity contribution is 8.69. The molecule has 0 aliphatic rings. The molecule has 0 aromatic carbocycles. The Morgan fingerprint density at radius 1 is 1.18 bits per heavy atom. The maximum absolute atomic E-state index is 9.37. The van der Waals surface area contributed by atoms with Gasteiger partial charge in [-0.15, -0.1) is 0 Å². The molecular weight excluding hydrogens is 271 g/mol. The molecule has 0 aliphatic heterocycles. The van der Waals surface area contributed by atoms with E-state index in [1.54, 1.807) is 18.3 Å². The molecule has 0 aromatic heterocycles. The fourth-order valence-corrected chi connectivity index (χ4v) is 6.69. The molecule has 0 amide bonds. The van der Waals surface area contributed by atoms with Gasteiger partial charge in [0.2, 0.25) is 0 Å². The average molecular weight is 298 g/mol. The molecule has 0 saturated heterocycles. The first kappa shape index (κ1) is 17.9. The molecule has 104 valence electrons. The Kier molecular flexibility index (Phi) is 9.41. The number of hydrogen-bond donors (Lipinski definition) is 1. The lowest BCUT2D eigenvalue weighted by Crippen LogP contribution is -2.07. The van der Waals surface area contributed by atoms with Crippen LogP contribution in [0.4, 0.5) is 0 Å². The van der Waals surface area contributed by atoms with Crippen molar-refractivity contribution in [1.82, 2.24) is 0 Å². The van der Waals surface area contributed by atoms with Crippen LogP contribution in [-0.4, -0.2) is 29.7 Å². The van der Waals surface area contributed by atoms with Gasteiger partial charge in [-0.1, -0.05) is 50.9 Å². The summed E-state index contributed by atoms with van der Waals surface area (Å²) >= 11 is 7.37. The zero-order valence-electron chi connectivity index (χ0n) is 11.7. The molecule has 0 heterocycles. The van der Waals surface area contributed by atoms with Crippen LogP contribution in [0.2, 0.25) is 0 Å². The van der Waals surface area contributed by atoms with E-state index in [1.165, 1.54) is 0 Å². The molecule has 1 N–H and O–H groups in total. The molecular formula is C12H27O2PS2. The second kappa shape index (κ2) is 8.92. The second-order valence-corrected chi connectivity index (χ2v) is 12.9. The predicted molar refractivity (Wildman–Crippen MR) is 83.5 cm³/mol. The fraction of sp³-hybridized carbons (Fsp3) is 1.00. The second-order valence-electron chi connectivity index (χ2n) is 5.35. The molecule has 0 bridgehead atoms. The van der Waals surface area contributed by atoms with Gasteiger partial charge in [-0.25, -0.2) is 0 Å². The van der Waals surface area contributed by atoms with Gasteiger partial charge in [0, 0.05) is 11.9 Å². The molecule has 17 heavy (non-hydrogen) atoms. The van der Waals surface area contributed by atoms with Crippen LogP contribution in [0.1, 0.15) is 41.0 Å². The Labute approximate surface area is 116 Å². The summed E-state index contributed by atoms with van der Waals surface area (Å²) in [5, 5.41) is 9.37. The topological polar surface area (TPSA) is 29.5 Å². The lowest BCUT2D eigenvalue weighted by atomic mass is 10.2. The van der Waals surface area contributed by atoms with Crippen LogP contribution in [0.15, 0.2) is 0 Å². The summed E-state index contributed by atoms with van der Waals surface area (Å²) < 4.78 is 5.97. The lowest BCUT2D eigenvalue weighted by molar-refractivity contribution is 0.220. The van der Waals surface area contributed by atoms with Gasteiger partial charge in [-0.2, -0.15) is 0 Å². The molecule has 2 atom stereocenters. The Bertz CT molecular complexity index is 205. The summed E-state index contributed by atoms with van der Waals surface area (Å²) in [6.45, 7) is 11.2. The van der Waals surface area contributed by atoms with Crippen molar-refractivity contribution >= 4 is 28.7 Å². The fourth-order valence-electron chi connectivity index (χ4n) is 1.07. The first-order valence-electron chi connectivity index (χ1n) is 6.31. The van der Waals surface area contributed by atoms with Crippen molar-refractivity contribution in [1.29, 1.82) is 0 Å². The van der Waals surface area contributed by atoms with Crippen LogP contribution in [0.3, 0.4) is 0 Å². The number of rotatable bonds is 9. The maximum Gasteiger partial charge on any atom is 0.119 e. The molecule has 0 radical (unpaired) electrons. The van der Waals surface area contributed by atoms with Crippen LogP contribution in [-0.2, 0) is 16.3 Å². The minimum absolute atomic E-state index is 0.302. The first-order chi connectivity index (χ1) is 7.75. The number of aliphatic hydroxyl groups excluding tert-OH is 1. The van der Waals surface area contributed by atoms with E-state index >= 15 is 0 Å². The Balaban J connectivity index is 4.29. The summed E-state index contributed by atoms with van der Waals surface area (Å²) in [5.41, 5.74) is -1.79. The van der Waals surface area contributed by atoms with E-state index in [0.29, 0.717) is 17.6 Å². The Morgan fingerprint density at radius 3 is 2.18 bits per heavy atom. The van der Waals surface area contributed by atoms with E-state index in [1.807, 2.05) is 0 Å². The lowest BCUT2D eigenvalue weighted by Gasteiger charge is -2.24.